The van der Waals surface area contributed by atoms with E-state index in [1.807, 2.05) is 48.4 Å². The molecule has 118 valence electrons. The Morgan fingerprint density at radius 3 is 2.59 bits per heavy atom. The van der Waals surface area contributed by atoms with Gasteiger partial charge in [-0.2, -0.15) is 5.10 Å². The van der Waals surface area contributed by atoms with Gasteiger partial charge in [0, 0.05) is 33.4 Å². The molecule has 2 N–H and O–H groups in total. The molecule has 0 radical (unpaired) electrons. The summed E-state index contributed by atoms with van der Waals surface area (Å²) in [6.07, 6.45) is 4.82. The van der Waals surface area contributed by atoms with Crippen LogP contribution in [-0.4, -0.2) is 36.4 Å². The minimum absolute atomic E-state index is 0.719. The van der Waals surface area contributed by atoms with E-state index in [0.29, 0.717) is 0 Å². The second-order valence-corrected chi connectivity index (χ2v) is 4.97. The quantitative estimate of drug-likeness (QED) is 0.624. The van der Waals surface area contributed by atoms with Gasteiger partial charge < -0.3 is 15.4 Å². The summed E-state index contributed by atoms with van der Waals surface area (Å²) < 4.78 is 6.96. The molecule has 0 aliphatic rings. The van der Waals surface area contributed by atoms with E-state index in [2.05, 4.69) is 20.7 Å². The molecule has 1 aromatic carbocycles. The molecule has 0 atom stereocenters. The zero-order valence-corrected chi connectivity index (χ0v) is 13.3. The zero-order chi connectivity index (χ0) is 15.8. The van der Waals surface area contributed by atoms with Crippen molar-refractivity contribution in [1.29, 1.82) is 0 Å². The van der Waals surface area contributed by atoms with Crippen molar-refractivity contribution in [2.75, 3.05) is 20.7 Å². The topological polar surface area (TPSA) is 63.5 Å². The Hall–Kier alpha value is -2.50. The van der Waals surface area contributed by atoms with Crippen LogP contribution in [0.1, 0.15) is 11.1 Å². The van der Waals surface area contributed by atoms with Crippen LogP contribution in [0.5, 0.6) is 5.75 Å². The fraction of sp³-hybridized carbons (Fsp3) is 0.375. The van der Waals surface area contributed by atoms with Crippen LogP contribution in [0.3, 0.4) is 0 Å². The molecule has 0 saturated heterocycles. The van der Waals surface area contributed by atoms with Gasteiger partial charge >= 0.3 is 0 Å². The Kier molecular flexibility index (Phi) is 5.82. The molecule has 0 unspecified atom stereocenters. The smallest absolute Gasteiger partial charge is 0.191 e. The monoisotopic (exact) mass is 301 g/mol. The summed E-state index contributed by atoms with van der Waals surface area (Å²) in [6.45, 7) is 1.53. The van der Waals surface area contributed by atoms with Gasteiger partial charge in [-0.15, -0.1) is 0 Å². The maximum atomic E-state index is 5.15. The molecule has 0 aliphatic carbocycles. The summed E-state index contributed by atoms with van der Waals surface area (Å²) in [6, 6.07) is 7.98. The maximum Gasteiger partial charge on any atom is 0.191 e. The lowest BCUT2D eigenvalue weighted by atomic mass is 10.2. The van der Waals surface area contributed by atoms with Crippen LogP contribution in [0.15, 0.2) is 41.7 Å². The van der Waals surface area contributed by atoms with E-state index in [0.717, 1.165) is 31.2 Å². The van der Waals surface area contributed by atoms with Crippen LogP contribution in [0.2, 0.25) is 0 Å². The fourth-order valence-electron chi connectivity index (χ4n) is 2.08. The molecule has 2 aromatic rings. The minimum atomic E-state index is 0.719. The highest BCUT2D eigenvalue weighted by atomic mass is 16.5. The van der Waals surface area contributed by atoms with E-state index >= 15 is 0 Å². The van der Waals surface area contributed by atoms with Gasteiger partial charge in [0.05, 0.1) is 13.3 Å². The SMILES string of the molecule is CN=C(NCCc1cnn(C)c1)NCc1ccc(OC)cc1. The Balaban J connectivity index is 1.74. The first-order valence-corrected chi connectivity index (χ1v) is 7.26. The molecule has 0 fully saturated rings. The summed E-state index contributed by atoms with van der Waals surface area (Å²) in [5.74, 6) is 1.66. The average molecular weight is 301 g/mol. The molecule has 6 nitrogen and oxygen atoms in total. The van der Waals surface area contributed by atoms with Gasteiger partial charge in [0.15, 0.2) is 5.96 Å². The number of aromatic nitrogens is 2. The highest BCUT2D eigenvalue weighted by Crippen LogP contribution is 2.10. The van der Waals surface area contributed by atoms with E-state index in [1.165, 1.54) is 11.1 Å². The zero-order valence-electron chi connectivity index (χ0n) is 13.3. The highest BCUT2D eigenvalue weighted by molar-refractivity contribution is 5.79. The Labute approximate surface area is 131 Å². The molecular formula is C16H23N5O. The van der Waals surface area contributed by atoms with Crippen molar-refractivity contribution >= 4 is 5.96 Å². The van der Waals surface area contributed by atoms with E-state index in [-0.39, 0.29) is 0 Å². The van der Waals surface area contributed by atoms with E-state index in [1.54, 1.807) is 14.2 Å². The predicted molar refractivity (Wildman–Crippen MR) is 88.1 cm³/mol. The van der Waals surface area contributed by atoms with Crippen molar-refractivity contribution in [3.63, 3.8) is 0 Å². The summed E-state index contributed by atoms with van der Waals surface area (Å²) in [5.41, 5.74) is 2.39. The highest BCUT2D eigenvalue weighted by Gasteiger charge is 2.00. The van der Waals surface area contributed by atoms with Crippen LogP contribution in [0, 0.1) is 0 Å². The molecule has 6 heteroatoms. The first-order valence-electron chi connectivity index (χ1n) is 7.26. The van der Waals surface area contributed by atoms with E-state index < -0.39 is 0 Å². The molecule has 0 saturated carbocycles. The van der Waals surface area contributed by atoms with Crippen molar-refractivity contribution in [2.24, 2.45) is 12.0 Å². The number of methoxy groups -OCH3 is 1. The van der Waals surface area contributed by atoms with Crippen LogP contribution >= 0.6 is 0 Å². The Bertz CT molecular complexity index is 603. The standard InChI is InChI=1S/C16H23N5O/c1-17-16(18-9-8-14-11-20-21(2)12-14)19-10-13-4-6-15(22-3)7-5-13/h4-7,11-12H,8-10H2,1-3H3,(H2,17,18,19). The van der Waals surface area contributed by atoms with Crippen LogP contribution in [-0.2, 0) is 20.0 Å². The number of ether oxygens (including phenoxy) is 1. The van der Waals surface area contributed by atoms with Gasteiger partial charge in [-0.3, -0.25) is 9.67 Å². The molecule has 0 aliphatic heterocycles. The van der Waals surface area contributed by atoms with Gasteiger partial charge in [-0.25, -0.2) is 0 Å². The van der Waals surface area contributed by atoms with Gasteiger partial charge in [-0.05, 0) is 29.7 Å². The number of hydrogen-bond acceptors (Lipinski definition) is 3. The van der Waals surface area contributed by atoms with Gasteiger partial charge in [0.1, 0.15) is 5.75 Å². The third kappa shape index (κ3) is 4.80. The van der Waals surface area contributed by atoms with Gasteiger partial charge in [-0.1, -0.05) is 12.1 Å². The minimum Gasteiger partial charge on any atom is -0.497 e. The molecule has 2 rings (SSSR count). The predicted octanol–water partition coefficient (Wildman–Crippen LogP) is 1.34. The summed E-state index contributed by atoms with van der Waals surface area (Å²) in [7, 11) is 5.36. The number of nitrogens with one attached hydrogen (secondary N) is 2. The fourth-order valence-corrected chi connectivity index (χ4v) is 2.08. The maximum absolute atomic E-state index is 5.15. The molecule has 1 heterocycles. The van der Waals surface area contributed by atoms with Crippen LogP contribution in [0.25, 0.3) is 0 Å². The molecule has 0 bridgehead atoms. The second kappa shape index (κ2) is 8.07. The Morgan fingerprint density at radius 1 is 1.23 bits per heavy atom. The summed E-state index contributed by atoms with van der Waals surface area (Å²) in [5, 5.41) is 10.7. The third-order valence-electron chi connectivity index (χ3n) is 3.31. The lowest BCUT2D eigenvalue weighted by Gasteiger charge is -2.11. The number of aryl methyl sites for hydroxylation is 1. The van der Waals surface area contributed by atoms with Gasteiger partial charge in [0.25, 0.3) is 0 Å². The number of nitrogens with zero attached hydrogens (tertiary/aromatic N) is 3. The number of aliphatic imine (C=N–C) groups is 1. The van der Waals surface area contributed by atoms with Crippen molar-refractivity contribution in [3.8, 4) is 5.75 Å². The number of hydrogen-bond donors (Lipinski definition) is 2. The van der Waals surface area contributed by atoms with Crippen molar-refractivity contribution in [1.82, 2.24) is 20.4 Å². The molecular weight excluding hydrogens is 278 g/mol. The van der Waals surface area contributed by atoms with Crippen molar-refractivity contribution in [3.05, 3.63) is 47.8 Å². The second-order valence-electron chi connectivity index (χ2n) is 4.97. The normalized spacial score (nSPS) is 11.3. The van der Waals surface area contributed by atoms with Crippen molar-refractivity contribution < 1.29 is 4.74 Å². The molecule has 1 aromatic heterocycles. The van der Waals surface area contributed by atoms with Crippen molar-refractivity contribution in [2.45, 2.75) is 13.0 Å². The molecule has 22 heavy (non-hydrogen) atoms. The summed E-state index contributed by atoms with van der Waals surface area (Å²) in [4.78, 5) is 4.22. The van der Waals surface area contributed by atoms with Gasteiger partial charge in [0.2, 0.25) is 0 Å². The first-order chi connectivity index (χ1) is 10.7. The number of rotatable bonds is 6. The third-order valence-corrected chi connectivity index (χ3v) is 3.31. The van der Waals surface area contributed by atoms with Crippen LogP contribution < -0.4 is 15.4 Å². The average Bonchev–Trinajstić information content (AvgIpc) is 2.96. The summed E-state index contributed by atoms with van der Waals surface area (Å²) >= 11 is 0. The first kappa shape index (κ1) is 15.9. The van der Waals surface area contributed by atoms with E-state index in [4.69, 9.17) is 4.74 Å². The number of benzene rings is 1. The molecule has 0 spiro atoms. The largest absolute Gasteiger partial charge is 0.497 e. The number of guanidine groups is 1. The molecule has 0 amide bonds. The lowest BCUT2D eigenvalue weighted by molar-refractivity contribution is 0.414. The van der Waals surface area contributed by atoms with Crippen LogP contribution in [0.4, 0.5) is 0 Å². The lowest BCUT2D eigenvalue weighted by Crippen LogP contribution is -2.37. The van der Waals surface area contributed by atoms with E-state index in [9.17, 15) is 0 Å². The Morgan fingerprint density at radius 2 is 2.00 bits per heavy atom.